The third kappa shape index (κ3) is 3.95. The van der Waals surface area contributed by atoms with Crippen LogP contribution in [0.15, 0.2) is 4.99 Å². The second-order valence-corrected chi connectivity index (χ2v) is 6.37. The van der Waals surface area contributed by atoms with Crippen LogP contribution in [0, 0.1) is 0 Å². The molecule has 1 aromatic rings. The Kier molecular flexibility index (Phi) is 5.83. The Morgan fingerprint density at radius 2 is 2.05 bits per heavy atom. The van der Waals surface area contributed by atoms with Gasteiger partial charge in [0.1, 0.15) is 0 Å². The molecule has 0 aromatic carbocycles. The average molecular weight is 294 g/mol. The molecule has 0 unspecified atom stereocenters. The Morgan fingerprint density at radius 1 is 1.30 bits per heavy atom. The van der Waals surface area contributed by atoms with Crippen LogP contribution in [0.3, 0.4) is 0 Å². The summed E-state index contributed by atoms with van der Waals surface area (Å²) in [5.41, 5.74) is 7.32. The molecule has 1 heterocycles. The van der Waals surface area contributed by atoms with Gasteiger partial charge < -0.3 is 10.6 Å². The van der Waals surface area contributed by atoms with Crippen LogP contribution in [-0.4, -0.2) is 35.5 Å². The van der Waals surface area contributed by atoms with E-state index in [-0.39, 0.29) is 0 Å². The van der Waals surface area contributed by atoms with Crippen LogP contribution in [0.25, 0.3) is 0 Å². The van der Waals surface area contributed by atoms with Gasteiger partial charge in [-0.2, -0.15) is 0 Å². The number of aryl methyl sites for hydroxylation is 3. The van der Waals surface area contributed by atoms with Gasteiger partial charge in [0.05, 0.1) is 10.7 Å². The van der Waals surface area contributed by atoms with Gasteiger partial charge in [0, 0.05) is 30.9 Å². The summed E-state index contributed by atoms with van der Waals surface area (Å²) >= 11 is 1.91. The van der Waals surface area contributed by atoms with Gasteiger partial charge in [-0.15, -0.1) is 11.3 Å². The molecule has 0 atom stereocenters. The zero-order valence-electron chi connectivity index (χ0n) is 12.7. The highest BCUT2D eigenvalue weighted by Crippen LogP contribution is 2.27. The summed E-state index contributed by atoms with van der Waals surface area (Å²) in [4.78, 5) is 12.8. The van der Waals surface area contributed by atoms with Gasteiger partial charge in [-0.3, -0.25) is 4.99 Å². The maximum Gasteiger partial charge on any atom is 0.191 e. The molecular formula is C15H26N4S. The van der Waals surface area contributed by atoms with Gasteiger partial charge in [0.15, 0.2) is 5.96 Å². The molecule has 1 aliphatic carbocycles. The van der Waals surface area contributed by atoms with E-state index >= 15 is 0 Å². The van der Waals surface area contributed by atoms with Gasteiger partial charge in [-0.1, -0.05) is 0 Å². The van der Waals surface area contributed by atoms with Crippen LogP contribution in [-0.2, 0) is 19.3 Å². The number of thiazole rings is 1. The van der Waals surface area contributed by atoms with Crippen molar-refractivity contribution in [2.24, 2.45) is 10.7 Å². The fourth-order valence-electron chi connectivity index (χ4n) is 2.58. The van der Waals surface area contributed by atoms with Crippen LogP contribution in [0.1, 0.15) is 48.7 Å². The van der Waals surface area contributed by atoms with Crippen molar-refractivity contribution in [3.05, 3.63) is 15.6 Å². The predicted octanol–water partition coefficient (Wildman–Crippen LogP) is 2.61. The highest BCUT2D eigenvalue weighted by atomic mass is 32.1. The molecule has 1 aromatic heterocycles. The molecule has 0 radical (unpaired) electrons. The van der Waals surface area contributed by atoms with Crippen molar-refractivity contribution in [2.75, 3.05) is 19.6 Å². The summed E-state index contributed by atoms with van der Waals surface area (Å²) in [7, 11) is 0. The number of hydrogen-bond acceptors (Lipinski definition) is 3. The van der Waals surface area contributed by atoms with Crippen molar-refractivity contribution in [3.8, 4) is 0 Å². The zero-order valence-corrected chi connectivity index (χ0v) is 13.5. The Labute approximate surface area is 126 Å². The number of nitrogens with zero attached hydrogens (tertiary/aromatic N) is 3. The van der Waals surface area contributed by atoms with Gasteiger partial charge in [0.2, 0.25) is 0 Å². The molecule has 0 spiro atoms. The first-order valence-electron chi connectivity index (χ1n) is 7.76. The molecular weight excluding hydrogens is 268 g/mol. The minimum atomic E-state index is 0.674. The van der Waals surface area contributed by atoms with Crippen LogP contribution in [0.5, 0.6) is 0 Å². The molecule has 0 aliphatic heterocycles. The van der Waals surface area contributed by atoms with Crippen molar-refractivity contribution < 1.29 is 0 Å². The zero-order chi connectivity index (χ0) is 14.4. The molecule has 5 heteroatoms. The van der Waals surface area contributed by atoms with E-state index in [1.807, 2.05) is 11.3 Å². The minimum absolute atomic E-state index is 0.674. The highest BCUT2D eigenvalue weighted by Gasteiger charge is 2.14. The fourth-order valence-corrected chi connectivity index (χ4v) is 3.78. The van der Waals surface area contributed by atoms with Crippen LogP contribution in [0.4, 0.5) is 0 Å². The number of fused-ring (bicyclic) bond motifs is 1. The Hall–Kier alpha value is -1.10. The number of aromatic nitrogens is 1. The highest BCUT2D eigenvalue weighted by molar-refractivity contribution is 7.11. The first-order chi connectivity index (χ1) is 9.74. The van der Waals surface area contributed by atoms with E-state index in [0.29, 0.717) is 5.96 Å². The summed E-state index contributed by atoms with van der Waals surface area (Å²) in [5.74, 6) is 0.674. The summed E-state index contributed by atoms with van der Waals surface area (Å²) in [6.45, 7) is 6.85. The van der Waals surface area contributed by atoms with Crippen molar-refractivity contribution in [1.29, 1.82) is 0 Å². The maximum absolute atomic E-state index is 5.96. The first kappa shape index (κ1) is 15.3. The van der Waals surface area contributed by atoms with E-state index in [2.05, 4.69) is 23.7 Å². The molecule has 0 saturated carbocycles. The van der Waals surface area contributed by atoms with Crippen LogP contribution < -0.4 is 5.73 Å². The Bertz CT molecular complexity index is 425. The first-order valence-corrected chi connectivity index (χ1v) is 8.58. The number of guanidine groups is 1. The van der Waals surface area contributed by atoms with Gasteiger partial charge >= 0.3 is 0 Å². The van der Waals surface area contributed by atoms with Crippen molar-refractivity contribution in [3.63, 3.8) is 0 Å². The normalized spacial score (nSPS) is 15.2. The van der Waals surface area contributed by atoms with Crippen LogP contribution >= 0.6 is 11.3 Å². The molecule has 1 aliphatic rings. The summed E-state index contributed by atoms with van der Waals surface area (Å²) < 4.78 is 0. The van der Waals surface area contributed by atoms with Crippen molar-refractivity contribution in [1.82, 2.24) is 9.88 Å². The van der Waals surface area contributed by atoms with E-state index in [9.17, 15) is 0 Å². The number of nitrogens with two attached hydrogens (primary N) is 1. The van der Waals surface area contributed by atoms with Crippen LogP contribution in [0.2, 0.25) is 0 Å². The predicted molar refractivity (Wildman–Crippen MR) is 86.5 cm³/mol. The fraction of sp³-hybridized carbons (Fsp3) is 0.733. The average Bonchev–Trinajstić information content (AvgIpc) is 2.87. The Morgan fingerprint density at radius 3 is 2.75 bits per heavy atom. The molecule has 0 saturated heterocycles. The lowest BCUT2D eigenvalue weighted by Gasteiger charge is -2.19. The maximum atomic E-state index is 5.96. The van der Waals surface area contributed by atoms with Gasteiger partial charge in [-0.05, 0) is 46.0 Å². The molecule has 0 bridgehead atoms. The topological polar surface area (TPSA) is 54.5 Å². The number of aliphatic imine (C=N–C) groups is 1. The van der Waals surface area contributed by atoms with Crippen molar-refractivity contribution >= 4 is 17.3 Å². The van der Waals surface area contributed by atoms with E-state index < -0.39 is 0 Å². The monoisotopic (exact) mass is 294 g/mol. The third-order valence-corrected chi connectivity index (χ3v) is 5.02. The van der Waals surface area contributed by atoms with E-state index in [4.69, 9.17) is 10.7 Å². The lowest BCUT2D eigenvalue weighted by molar-refractivity contribution is 0.458. The summed E-state index contributed by atoms with van der Waals surface area (Å²) in [5, 5.41) is 1.29. The molecule has 4 nitrogen and oxygen atoms in total. The molecule has 20 heavy (non-hydrogen) atoms. The SMILES string of the molecule is CCN(CC)C(N)=NCCCc1nc2c(s1)CCCC2. The third-order valence-electron chi connectivity index (χ3n) is 3.80. The molecule has 0 amide bonds. The van der Waals surface area contributed by atoms with Crippen molar-refractivity contribution in [2.45, 2.75) is 52.4 Å². The van der Waals surface area contributed by atoms with Gasteiger partial charge in [-0.25, -0.2) is 4.98 Å². The second kappa shape index (κ2) is 7.62. The minimum Gasteiger partial charge on any atom is -0.370 e. The summed E-state index contributed by atoms with van der Waals surface area (Å²) in [6, 6.07) is 0. The smallest absolute Gasteiger partial charge is 0.191 e. The van der Waals surface area contributed by atoms with E-state index in [0.717, 1.165) is 32.5 Å². The van der Waals surface area contributed by atoms with E-state index in [1.54, 1.807) is 0 Å². The molecule has 2 rings (SSSR count). The Balaban J connectivity index is 1.78. The lowest BCUT2D eigenvalue weighted by Crippen LogP contribution is -2.37. The number of hydrogen-bond donors (Lipinski definition) is 1. The number of rotatable bonds is 6. The standard InChI is InChI=1S/C15H26N4S/c1-3-19(4-2)15(16)17-11-7-10-14-18-12-8-5-6-9-13(12)20-14/h3-11H2,1-2H3,(H2,16,17). The largest absolute Gasteiger partial charge is 0.370 e. The molecule has 0 fully saturated rings. The van der Waals surface area contributed by atoms with Gasteiger partial charge in [0.25, 0.3) is 0 Å². The quantitative estimate of drug-likeness (QED) is 0.498. The lowest BCUT2D eigenvalue weighted by atomic mass is 10.0. The summed E-state index contributed by atoms with van der Waals surface area (Å²) in [6.07, 6.45) is 7.13. The second-order valence-electron chi connectivity index (χ2n) is 5.20. The molecule has 112 valence electrons. The van der Waals surface area contributed by atoms with E-state index in [1.165, 1.54) is 41.3 Å². The molecule has 2 N–H and O–H groups in total.